The summed E-state index contributed by atoms with van der Waals surface area (Å²) in [7, 11) is 0. The van der Waals surface area contributed by atoms with Crippen LogP contribution in [0.1, 0.15) is 40.9 Å². The molecule has 3 amide bonds. The van der Waals surface area contributed by atoms with Crippen molar-refractivity contribution >= 4 is 35.2 Å². The SMILES string of the molecule is CCCNC(=O)[C@H]1[C@@H](c2cccc(NC(=O)c3ccccc3F)c2)OC(=O)N1Cc1cccc(Cl)c1. The largest absolute Gasteiger partial charge is 0.438 e. The molecule has 0 unspecified atom stereocenters. The number of anilines is 1. The maximum atomic E-state index is 14.0. The summed E-state index contributed by atoms with van der Waals surface area (Å²) in [5.74, 6) is -1.61. The Morgan fingerprint density at radius 3 is 2.58 bits per heavy atom. The minimum Gasteiger partial charge on any atom is -0.438 e. The van der Waals surface area contributed by atoms with Gasteiger partial charge in [0.1, 0.15) is 5.82 Å². The van der Waals surface area contributed by atoms with Crippen molar-refractivity contribution in [2.24, 2.45) is 0 Å². The van der Waals surface area contributed by atoms with Crippen LogP contribution in [0.2, 0.25) is 5.02 Å². The molecular formula is C27H25ClFN3O4. The van der Waals surface area contributed by atoms with Gasteiger partial charge in [0, 0.05) is 17.3 Å². The van der Waals surface area contributed by atoms with E-state index < -0.39 is 30.0 Å². The van der Waals surface area contributed by atoms with Crippen LogP contribution < -0.4 is 10.6 Å². The van der Waals surface area contributed by atoms with E-state index in [0.29, 0.717) is 22.8 Å². The zero-order valence-corrected chi connectivity index (χ0v) is 20.3. The summed E-state index contributed by atoms with van der Waals surface area (Å²) in [5, 5.41) is 6.02. The summed E-state index contributed by atoms with van der Waals surface area (Å²) >= 11 is 6.10. The summed E-state index contributed by atoms with van der Waals surface area (Å²) in [6.07, 6.45) is -0.833. The molecule has 1 aliphatic heterocycles. The van der Waals surface area contributed by atoms with Gasteiger partial charge in [-0.2, -0.15) is 0 Å². The standard InChI is InChI=1S/C27H25ClFN3O4/c1-2-13-30-26(34)23-24(36-27(35)32(23)16-17-7-5-9-19(28)14-17)18-8-6-10-20(15-18)31-25(33)21-11-3-4-12-22(21)29/h3-12,14-15,23-24H,2,13,16H2,1H3,(H,30,34)(H,31,33)/t23-,24-/m1/s1. The van der Waals surface area contributed by atoms with Crippen LogP contribution in [0.25, 0.3) is 0 Å². The monoisotopic (exact) mass is 509 g/mol. The van der Waals surface area contributed by atoms with Crippen molar-refractivity contribution in [3.05, 3.63) is 100 Å². The van der Waals surface area contributed by atoms with Crippen molar-refractivity contribution in [2.75, 3.05) is 11.9 Å². The number of carbonyl (C=O) groups is 3. The van der Waals surface area contributed by atoms with E-state index in [-0.39, 0.29) is 18.0 Å². The molecule has 7 nitrogen and oxygen atoms in total. The summed E-state index contributed by atoms with van der Waals surface area (Å²) in [5.41, 5.74) is 1.54. The number of amides is 3. The Morgan fingerprint density at radius 1 is 1.06 bits per heavy atom. The first-order valence-electron chi connectivity index (χ1n) is 11.5. The molecule has 186 valence electrons. The third kappa shape index (κ3) is 5.66. The van der Waals surface area contributed by atoms with Gasteiger partial charge < -0.3 is 15.4 Å². The number of carbonyl (C=O) groups excluding carboxylic acids is 3. The number of ether oxygens (including phenoxy) is 1. The van der Waals surface area contributed by atoms with E-state index in [9.17, 15) is 18.8 Å². The molecule has 0 saturated carbocycles. The summed E-state index contributed by atoms with van der Waals surface area (Å²) < 4.78 is 19.7. The number of nitrogens with one attached hydrogen (secondary N) is 2. The first kappa shape index (κ1) is 25.2. The van der Waals surface area contributed by atoms with Crippen LogP contribution in [-0.4, -0.2) is 35.4 Å². The number of hydrogen-bond donors (Lipinski definition) is 2. The molecule has 0 aliphatic carbocycles. The van der Waals surface area contributed by atoms with E-state index in [2.05, 4.69) is 10.6 Å². The summed E-state index contributed by atoms with van der Waals surface area (Å²) in [6, 6.07) is 18.4. The third-order valence-corrected chi connectivity index (χ3v) is 5.97. The Labute approximate surface area is 213 Å². The van der Waals surface area contributed by atoms with Gasteiger partial charge in [0.2, 0.25) is 5.91 Å². The van der Waals surface area contributed by atoms with Crippen molar-refractivity contribution in [3.63, 3.8) is 0 Å². The Kier molecular flexibility index (Phi) is 7.85. The maximum Gasteiger partial charge on any atom is 0.411 e. The lowest BCUT2D eigenvalue weighted by molar-refractivity contribution is -0.126. The number of benzene rings is 3. The van der Waals surface area contributed by atoms with Crippen molar-refractivity contribution in [1.29, 1.82) is 0 Å². The van der Waals surface area contributed by atoms with Crippen LogP contribution in [-0.2, 0) is 16.1 Å². The first-order valence-corrected chi connectivity index (χ1v) is 11.9. The molecule has 1 saturated heterocycles. The minimum atomic E-state index is -0.944. The molecule has 0 spiro atoms. The van der Waals surface area contributed by atoms with Gasteiger partial charge in [-0.3, -0.25) is 14.5 Å². The van der Waals surface area contributed by atoms with E-state index in [1.165, 1.54) is 23.1 Å². The lowest BCUT2D eigenvalue weighted by Gasteiger charge is -2.24. The fraction of sp³-hybridized carbons (Fsp3) is 0.222. The van der Waals surface area contributed by atoms with Crippen LogP contribution >= 0.6 is 11.6 Å². The molecule has 1 heterocycles. The number of cyclic esters (lactones) is 1. The number of hydrogen-bond acceptors (Lipinski definition) is 4. The van der Waals surface area contributed by atoms with Crippen LogP contribution in [0.5, 0.6) is 0 Å². The van der Waals surface area contributed by atoms with Crippen molar-refractivity contribution in [3.8, 4) is 0 Å². The number of halogens is 2. The predicted molar refractivity (Wildman–Crippen MR) is 134 cm³/mol. The molecule has 0 radical (unpaired) electrons. The smallest absolute Gasteiger partial charge is 0.411 e. The van der Waals surface area contributed by atoms with Gasteiger partial charge in [-0.05, 0) is 53.9 Å². The highest BCUT2D eigenvalue weighted by Gasteiger charge is 2.47. The van der Waals surface area contributed by atoms with Gasteiger partial charge >= 0.3 is 6.09 Å². The lowest BCUT2D eigenvalue weighted by Crippen LogP contribution is -2.46. The molecule has 0 aromatic heterocycles. The van der Waals surface area contributed by atoms with E-state index in [0.717, 1.165) is 12.0 Å². The van der Waals surface area contributed by atoms with Gasteiger partial charge in [-0.1, -0.05) is 54.9 Å². The molecule has 0 bridgehead atoms. The first-order chi connectivity index (χ1) is 17.4. The fourth-order valence-corrected chi connectivity index (χ4v) is 4.24. The zero-order chi connectivity index (χ0) is 25.7. The van der Waals surface area contributed by atoms with Crippen LogP contribution in [0, 0.1) is 5.82 Å². The molecule has 36 heavy (non-hydrogen) atoms. The van der Waals surface area contributed by atoms with Crippen LogP contribution in [0.3, 0.4) is 0 Å². The second kappa shape index (κ2) is 11.2. The van der Waals surface area contributed by atoms with Crippen LogP contribution in [0.15, 0.2) is 72.8 Å². The van der Waals surface area contributed by atoms with E-state index in [1.54, 1.807) is 48.5 Å². The zero-order valence-electron chi connectivity index (χ0n) is 19.5. The molecule has 2 N–H and O–H groups in total. The molecule has 2 atom stereocenters. The second-order valence-electron chi connectivity index (χ2n) is 8.36. The molecule has 9 heteroatoms. The third-order valence-electron chi connectivity index (χ3n) is 5.74. The van der Waals surface area contributed by atoms with Gasteiger partial charge in [-0.15, -0.1) is 0 Å². The van der Waals surface area contributed by atoms with Crippen molar-refractivity contribution < 1.29 is 23.5 Å². The Morgan fingerprint density at radius 2 is 1.83 bits per heavy atom. The highest BCUT2D eigenvalue weighted by atomic mass is 35.5. The maximum absolute atomic E-state index is 14.0. The lowest BCUT2D eigenvalue weighted by atomic mass is 10.00. The summed E-state index contributed by atoms with van der Waals surface area (Å²) in [6.45, 7) is 2.50. The van der Waals surface area contributed by atoms with Crippen molar-refractivity contribution in [2.45, 2.75) is 32.0 Å². The number of rotatable bonds is 8. The van der Waals surface area contributed by atoms with E-state index >= 15 is 0 Å². The minimum absolute atomic E-state index is 0.0975. The fourth-order valence-electron chi connectivity index (χ4n) is 4.03. The molecule has 1 fully saturated rings. The highest BCUT2D eigenvalue weighted by Crippen LogP contribution is 2.35. The Hall–Kier alpha value is -3.91. The van der Waals surface area contributed by atoms with E-state index in [1.807, 2.05) is 13.0 Å². The topological polar surface area (TPSA) is 87.7 Å². The van der Waals surface area contributed by atoms with Gasteiger partial charge in [0.25, 0.3) is 5.91 Å². The molecule has 3 aromatic rings. The average molecular weight is 510 g/mol. The quantitative estimate of drug-likeness (QED) is 0.430. The second-order valence-corrected chi connectivity index (χ2v) is 8.79. The summed E-state index contributed by atoms with van der Waals surface area (Å²) in [4.78, 5) is 40.0. The Balaban J connectivity index is 1.61. The normalized spacial score (nSPS) is 17.0. The molecular weight excluding hydrogens is 485 g/mol. The highest BCUT2D eigenvalue weighted by molar-refractivity contribution is 6.30. The van der Waals surface area contributed by atoms with Gasteiger partial charge in [0.05, 0.1) is 12.1 Å². The molecule has 4 rings (SSSR count). The van der Waals surface area contributed by atoms with E-state index in [4.69, 9.17) is 16.3 Å². The Bertz CT molecular complexity index is 1290. The molecule has 3 aromatic carbocycles. The van der Waals surface area contributed by atoms with Crippen molar-refractivity contribution in [1.82, 2.24) is 10.2 Å². The van der Waals surface area contributed by atoms with Gasteiger partial charge in [-0.25, -0.2) is 9.18 Å². The number of nitrogens with zero attached hydrogens (tertiary/aromatic N) is 1. The van der Waals surface area contributed by atoms with Gasteiger partial charge in [0.15, 0.2) is 12.1 Å². The molecule has 1 aliphatic rings. The average Bonchev–Trinajstić information content (AvgIpc) is 3.19. The predicted octanol–water partition coefficient (Wildman–Crippen LogP) is 5.32. The van der Waals surface area contributed by atoms with Crippen LogP contribution in [0.4, 0.5) is 14.9 Å².